The number of thioether (sulfide) groups is 1. The second kappa shape index (κ2) is 8.18. The van der Waals surface area contributed by atoms with Gasteiger partial charge in [0.1, 0.15) is 10.4 Å². The molecule has 3 aromatic rings. The third-order valence-electron chi connectivity index (χ3n) is 3.53. The smallest absolute Gasteiger partial charge is 0.342 e. The van der Waals surface area contributed by atoms with Crippen LogP contribution in [-0.4, -0.2) is 29.3 Å². The first-order valence-electron chi connectivity index (χ1n) is 8.29. The summed E-state index contributed by atoms with van der Waals surface area (Å²) >= 11 is 0.957. The molecule has 0 amide bonds. The van der Waals surface area contributed by atoms with Crippen molar-refractivity contribution in [1.82, 2.24) is 4.98 Å². The molecular formula is C20H19NO5S. The van der Waals surface area contributed by atoms with Gasteiger partial charge in [-0.3, -0.25) is 0 Å². The van der Waals surface area contributed by atoms with Gasteiger partial charge >= 0.3 is 5.97 Å². The largest absolute Gasteiger partial charge is 0.493 e. The molecule has 0 radical (unpaired) electrons. The van der Waals surface area contributed by atoms with E-state index in [1.807, 2.05) is 32.0 Å². The van der Waals surface area contributed by atoms with Gasteiger partial charge in [-0.25, -0.2) is 9.78 Å². The van der Waals surface area contributed by atoms with Crippen molar-refractivity contribution in [3.8, 4) is 11.5 Å². The number of fused-ring (bicyclic) bond motifs is 1. The highest BCUT2D eigenvalue weighted by Gasteiger charge is 2.15. The van der Waals surface area contributed by atoms with Gasteiger partial charge in [0.05, 0.1) is 13.2 Å². The Labute approximate surface area is 160 Å². The fourth-order valence-corrected chi connectivity index (χ4v) is 3.15. The van der Waals surface area contributed by atoms with E-state index < -0.39 is 5.97 Å². The van der Waals surface area contributed by atoms with Gasteiger partial charge in [0.25, 0.3) is 5.22 Å². The number of aliphatic carboxylic acids is 1. The molecule has 1 heterocycles. The van der Waals surface area contributed by atoms with Crippen molar-refractivity contribution in [3.05, 3.63) is 52.9 Å². The fraction of sp³-hybridized carbons (Fsp3) is 0.200. The van der Waals surface area contributed by atoms with Crippen LogP contribution in [0.5, 0.6) is 11.5 Å². The maximum atomic E-state index is 11.7. The Kier molecular flexibility index (Phi) is 5.71. The lowest BCUT2D eigenvalue weighted by Gasteiger charge is -2.13. The average Bonchev–Trinajstić information content (AvgIpc) is 3.04. The molecule has 0 atom stereocenters. The van der Waals surface area contributed by atoms with Gasteiger partial charge in [-0.1, -0.05) is 18.2 Å². The second-order valence-electron chi connectivity index (χ2n) is 5.94. The molecule has 27 heavy (non-hydrogen) atoms. The molecule has 0 aliphatic rings. The van der Waals surface area contributed by atoms with Gasteiger partial charge in [0, 0.05) is 0 Å². The Balaban J connectivity index is 1.90. The van der Waals surface area contributed by atoms with E-state index in [4.69, 9.17) is 13.9 Å². The maximum Gasteiger partial charge on any atom is 0.342 e. The van der Waals surface area contributed by atoms with Crippen molar-refractivity contribution in [2.45, 2.75) is 25.2 Å². The van der Waals surface area contributed by atoms with E-state index in [1.54, 1.807) is 37.5 Å². The van der Waals surface area contributed by atoms with Crippen LogP contribution in [0.4, 0.5) is 0 Å². The molecule has 7 heteroatoms. The molecule has 0 aliphatic heterocycles. The number of para-hydroxylation sites is 2. The third kappa shape index (κ3) is 4.62. The number of carboxylic acid groups (broad SMARTS) is 1. The van der Waals surface area contributed by atoms with Gasteiger partial charge in [-0.15, -0.1) is 0 Å². The number of carbonyl (C=O) groups is 1. The topological polar surface area (TPSA) is 81.8 Å². The number of methoxy groups -OCH3 is 1. The summed E-state index contributed by atoms with van der Waals surface area (Å²) in [5.74, 6) is 0.0749. The van der Waals surface area contributed by atoms with E-state index in [-0.39, 0.29) is 16.2 Å². The molecule has 0 bridgehead atoms. The van der Waals surface area contributed by atoms with Crippen LogP contribution < -0.4 is 9.47 Å². The van der Waals surface area contributed by atoms with Gasteiger partial charge in [-0.2, -0.15) is 0 Å². The van der Waals surface area contributed by atoms with Crippen LogP contribution in [0.1, 0.15) is 19.4 Å². The molecule has 1 N–H and O–H groups in total. The number of oxazole rings is 1. The summed E-state index contributed by atoms with van der Waals surface area (Å²) in [5.41, 5.74) is 1.96. The number of aromatic nitrogens is 1. The van der Waals surface area contributed by atoms with Crippen molar-refractivity contribution < 1.29 is 23.8 Å². The predicted octanol–water partition coefficient (Wildman–Crippen LogP) is 4.84. The minimum Gasteiger partial charge on any atom is -0.493 e. The van der Waals surface area contributed by atoms with Crippen molar-refractivity contribution in [2.24, 2.45) is 0 Å². The van der Waals surface area contributed by atoms with Crippen molar-refractivity contribution in [3.63, 3.8) is 0 Å². The highest BCUT2D eigenvalue weighted by Crippen LogP contribution is 2.33. The molecule has 140 valence electrons. The zero-order valence-electron chi connectivity index (χ0n) is 15.1. The first-order valence-corrected chi connectivity index (χ1v) is 9.11. The summed E-state index contributed by atoms with van der Waals surface area (Å²) in [7, 11) is 1.54. The van der Waals surface area contributed by atoms with Crippen LogP contribution >= 0.6 is 11.8 Å². The predicted molar refractivity (Wildman–Crippen MR) is 104 cm³/mol. The van der Waals surface area contributed by atoms with E-state index in [1.165, 1.54) is 0 Å². The Bertz CT molecular complexity index is 960. The lowest BCUT2D eigenvalue weighted by atomic mass is 10.2. The zero-order valence-corrected chi connectivity index (χ0v) is 15.9. The number of ether oxygens (including phenoxy) is 2. The minimum absolute atomic E-state index is 0.00425. The fourth-order valence-electron chi connectivity index (χ4n) is 2.40. The third-order valence-corrected chi connectivity index (χ3v) is 4.39. The Hall–Kier alpha value is -2.93. The quantitative estimate of drug-likeness (QED) is 0.460. The number of benzene rings is 2. The average molecular weight is 385 g/mol. The summed E-state index contributed by atoms with van der Waals surface area (Å²) in [5, 5.41) is 9.83. The molecule has 1 aromatic heterocycles. The van der Waals surface area contributed by atoms with E-state index >= 15 is 0 Å². The standard InChI is InChI=1S/C20H19NO5S/c1-12(2)25-16-9-8-13(10-17(16)24-3)11-18(19(22)23)27-20-21-14-6-4-5-7-15(14)26-20/h4-12H,1-3H3,(H,22,23)/b18-11+. The van der Waals surface area contributed by atoms with Crippen molar-refractivity contribution in [1.29, 1.82) is 0 Å². The van der Waals surface area contributed by atoms with Crippen LogP contribution in [0.3, 0.4) is 0 Å². The van der Waals surface area contributed by atoms with Crippen LogP contribution in [-0.2, 0) is 4.79 Å². The Morgan fingerprint density at radius 1 is 1.22 bits per heavy atom. The lowest BCUT2D eigenvalue weighted by Crippen LogP contribution is -2.06. The van der Waals surface area contributed by atoms with E-state index in [2.05, 4.69) is 4.98 Å². The van der Waals surface area contributed by atoms with E-state index in [9.17, 15) is 9.90 Å². The Morgan fingerprint density at radius 3 is 2.67 bits per heavy atom. The summed E-state index contributed by atoms with van der Waals surface area (Å²) in [6, 6.07) is 12.5. The van der Waals surface area contributed by atoms with E-state index in [0.717, 1.165) is 11.8 Å². The number of hydrogen-bond donors (Lipinski definition) is 1. The summed E-state index contributed by atoms with van der Waals surface area (Å²) < 4.78 is 16.6. The highest BCUT2D eigenvalue weighted by molar-refractivity contribution is 8.03. The first-order chi connectivity index (χ1) is 13.0. The van der Waals surface area contributed by atoms with Gasteiger partial charge in [-0.05, 0) is 61.5 Å². The molecule has 0 fully saturated rings. The summed E-state index contributed by atoms with van der Waals surface area (Å²) in [6.07, 6.45) is 1.55. The highest BCUT2D eigenvalue weighted by atomic mass is 32.2. The van der Waals surface area contributed by atoms with Crippen LogP contribution in [0.25, 0.3) is 17.2 Å². The van der Waals surface area contributed by atoms with Gasteiger partial charge in [0.2, 0.25) is 0 Å². The van der Waals surface area contributed by atoms with Crippen LogP contribution in [0.15, 0.2) is 57.0 Å². The lowest BCUT2D eigenvalue weighted by molar-refractivity contribution is -0.131. The second-order valence-corrected chi connectivity index (χ2v) is 6.93. The maximum absolute atomic E-state index is 11.7. The zero-order chi connectivity index (χ0) is 19.4. The molecule has 2 aromatic carbocycles. The molecule has 0 spiro atoms. The normalized spacial score (nSPS) is 11.8. The molecule has 0 saturated carbocycles. The summed E-state index contributed by atoms with van der Waals surface area (Å²) in [6.45, 7) is 3.85. The molecule has 3 rings (SSSR count). The molecule has 0 unspecified atom stereocenters. The molecule has 6 nitrogen and oxygen atoms in total. The van der Waals surface area contributed by atoms with Gasteiger partial charge < -0.3 is 19.0 Å². The molecular weight excluding hydrogens is 366 g/mol. The Morgan fingerprint density at radius 2 is 2.00 bits per heavy atom. The minimum atomic E-state index is -1.07. The van der Waals surface area contributed by atoms with Crippen molar-refractivity contribution in [2.75, 3.05) is 7.11 Å². The summed E-state index contributed by atoms with van der Waals surface area (Å²) in [4.78, 5) is 16.1. The number of nitrogens with zero attached hydrogens (tertiary/aromatic N) is 1. The molecule has 0 aliphatic carbocycles. The van der Waals surface area contributed by atoms with E-state index in [0.29, 0.717) is 28.2 Å². The van der Waals surface area contributed by atoms with Crippen molar-refractivity contribution >= 4 is 34.9 Å². The first kappa shape index (κ1) is 18.8. The van der Waals surface area contributed by atoms with Crippen LogP contribution in [0, 0.1) is 0 Å². The number of rotatable bonds is 7. The van der Waals surface area contributed by atoms with Crippen LogP contribution in [0.2, 0.25) is 0 Å². The molecule has 0 saturated heterocycles. The van der Waals surface area contributed by atoms with Gasteiger partial charge in [0.15, 0.2) is 17.1 Å². The number of hydrogen-bond acceptors (Lipinski definition) is 6. The number of carboxylic acids is 1. The monoisotopic (exact) mass is 385 g/mol. The SMILES string of the molecule is COc1cc(/C=C(/Sc2nc3ccccc3o2)C(=O)O)ccc1OC(C)C.